The third-order valence-electron chi connectivity index (χ3n) is 2.27. The van der Waals surface area contributed by atoms with Gasteiger partial charge in [0.1, 0.15) is 12.4 Å². The van der Waals surface area contributed by atoms with Crippen LogP contribution < -0.4 is 5.32 Å². The van der Waals surface area contributed by atoms with Gasteiger partial charge in [-0.2, -0.15) is 0 Å². The summed E-state index contributed by atoms with van der Waals surface area (Å²) in [5, 5.41) is 3.02. The van der Waals surface area contributed by atoms with Crippen LogP contribution in [0.4, 0.5) is 4.39 Å². The fourth-order valence-corrected chi connectivity index (χ4v) is 1.26. The molecule has 0 aromatic heterocycles. The second-order valence-corrected chi connectivity index (χ2v) is 4.09. The summed E-state index contributed by atoms with van der Waals surface area (Å²) in [6, 6.07) is 6.60. The smallest absolute Gasteiger partial charge is 0.308 e. The van der Waals surface area contributed by atoms with Crippen molar-refractivity contribution < 1.29 is 13.9 Å². The molecule has 0 atom stereocenters. The Morgan fingerprint density at radius 2 is 2.12 bits per heavy atom. The van der Waals surface area contributed by atoms with E-state index in [1.165, 1.54) is 6.07 Å². The predicted molar refractivity (Wildman–Crippen MR) is 63.9 cm³/mol. The van der Waals surface area contributed by atoms with Gasteiger partial charge in [-0.25, -0.2) is 4.39 Å². The van der Waals surface area contributed by atoms with E-state index in [2.05, 4.69) is 5.32 Å². The predicted octanol–water partition coefficient (Wildman–Crippen LogP) is 2.11. The SMILES string of the molecule is CC(C)C(=O)OCCNCc1ccccc1F. The Hall–Kier alpha value is -1.42. The number of rotatable bonds is 6. The normalized spacial score (nSPS) is 10.6. The lowest BCUT2D eigenvalue weighted by molar-refractivity contribution is -0.147. The van der Waals surface area contributed by atoms with Crippen molar-refractivity contribution in [1.29, 1.82) is 0 Å². The Morgan fingerprint density at radius 3 is 2.76 bits per heavy atom. The van der Waals surface area contributed by atoms with Crippen LogP contribution in [-0.4, -0.2) is 19.1 Å². The van der Waals surface area contributed by atoms with Crippen LogP contribution in [0.3, 0.4) is 0 Å². The van der Waals surface area contributed by atoms with E-state index >= 15 is 0 Å². The molecular weight excluding hydrogens is 221 g/mol. The highest BCUT2D eigenvalue weighted by Gasteiger charge is 2.07. The lowest BCUT2D eigenvalue weighted by Gasteiger charge is -2.08. The molecule has 0 spiro atoms. The molecule has 0 heterocycles. The molecule has 1 N–H and O–H groups in total. The van der Waals surface area contributed by atoms with Crippen molar-refractivity contribution in [2.24, 2.45) is 5.92 Å². The zero-order valence-corrected chi connectivity index (χ0v) is 10.2. The van der Waals surface area contributed by atoms with Crippen molar-refractivity contribution in [3.05, 3.63) is 35.6 Å². The van der Waals surface area contributed by atoms with Crippen LogP contribution in [0, 0.1) is 11.7 Å². The molecule has 0 saturated heterocycles. The Bertz CT molecular complexity index is 366. The molecule has 0 bridgehead atoms. The standard InChI is InChI=1S/C13H18FNO2/c1-10(2)13(16)17-8-7-15-9-11-5-3-4-6-12(11)14/h3-6,10,15H,7-9H2,1-2H3. The molecule has 0 unspecified atom stereocenters. The molecule has 0 aliphatic carbocycles. The van der Waals surface area contributed by atoms with Gasteiger partial charge in [0.25, 0.3) is 0 Å². The molecule has 0 aliphatic rings. The molecule has 17 heavy (non-hydrogen) atoms. The van der Waals surface area contributed by atoms with Gasteiger partial charge in [-0.15, -0.1) is 0 Å². The van der Waals surface area contributed by atoms with Gasteiger partial charge in [0.2, 0.25) is 0 Å². The number of esters is 1. The average Bonchev–Trinajstić information content (AvgIpc) is 2.30. The van der Waals surface area contributed by atoms with Crippen LogP contribution in [0.1, 0.15) is 19.4 Å². The third kappa shape index (κ3) is 4.95. The minimum atomic E-state index is -0.223. The number of ether oxygens (including phenoxy) is 1. The molecule has 1 aromatic rings. The molecule has 0 amide bonds. The summed E-state index contributed by atoms with van der Waals surface area (Å²) in [4.78, 5) is 11.1. The number of nitrogens with one attached hydrogen (secondary N) is 1. The maximum atomic E-state index is 13.2. The molecule has 3 nitrogen and oxygen atoms in total. The number of carbonyl (C=O) groups excluding carboxylic acids is 1. The van der Waals surface area contributed by atoms with Gasteiger partial charge >= 0.3 is 5.97 Å². The monoisotopic (exact) mass is 239 g/mol. The van der Waals surface area contributed by atoms with Crippen molar-refractivity contribution in [1.82, 2.24) is 5.32 Å². The van der Waals surface area contributed by atoms with Crippen LogP contribution in [0.25, 0.3) is 0 Å². The highest BCUT2D eigenvalue weighted by Crippen LogP contribution is 2.05. The molecule has 94 valence electrons. The summed E-state index contributed by atoms with van der Waals surface area (Å²) in [5.74, 6) is -0.543. The molecule has 0 saturated carbocycles. The molecule has 0 fully saturated rings. The Kier molecular flexibility index (Phi) is 5.63. The minimum absolute atomic E-state index is 0.110. The van der Waals surface area contributed by atoms with E-state index in [-0.39, 0.29) is 17.7 Å². The van der Waals surface area contributed by atoms with Crippen molar-refractivity contribution in [3.8, 4) is 0 Å². The molecular formula is C13H18FNO2. The Morgan fingerprint density at radius 1 is 1.41 bits per heavy atom. The number of carbonyl (C=O) groups is 1. The van der Waals surface area contributed by atoms with Gasteiger partial charge in [-0.05, 0) is 6.07 Å². The van der Waals surface area contributed by atoms with E-state index in [4.69, 9.17) is 4.74 Å². The topological polar surface area (TPSA) is 38.3 Å². The maximum Gasteiger partial charge on any atom is 0.308 e. The third-order valence-corrected chi connectivity index (χ3v) is 2.27. The number of hydrogen-bond donors (Lipinski definition) is 1. The summed E-state index contributed by atoms with van der Waals surface area (Å²) >= 11 is 0. The van der Waals surface area contributed by atoms with E-state index in [9.17, 15) is 9.18 Å². The molecule has 0 aliphatic heterocycles. The van der Waals surface area contributed by atoms with Crippen molar-refractivity contribution >= 4 is 5.97 Å². The first-order valence-corrected chi connectivity index (χ1v) is 5.72. The van der Waals surface area contributed by atoms with E-state index in [0.717, 1.165) is 0 Å². The van der Waals surface area contributed by atoms with Gasteiger partial charge < -0.3 is 10.1 Å². The Balaban J connectivity index is 2.17. The number of halogens is 1. The van der Waals surface area contributed by atoms with Gasteiger partial charge in [0, 0.05) is 18.7 Å². The van der Waals surface area contributed by atoms with Crippen molar-refractivity contribution in [3.63, 3.8) is 0 Å². The molecule has 1 aromatic carbocycles. The van der Waals surface area contributed by atoms with E-state index in [1.54, 1.807) is 32.0 Å². The first-order valence-electron chi connectivity index (χ1n) is 5.72. The average molecular weight is 239 g/mol. The summed E-state index contributed by atoms with van der Waals surface area (Å²) < 4.78 is 18.2. The van der Waals surface area contributed by atoms with Gasteiger partial charge in [-0.3, -0.25) is 4.79 Å². The lowest BCUT2D eigenvalue weighted by atomic mass is 10.2. The van der Waals surface area contributed by atoms with Crippen LogP contribution in [0.2, 0.25) is 0 Å². The summed E-state index contributed by atoms with van der Waals surface area (Å²) in [7, 11) is 0. The molecule has 0 radical (unpaired) electrons. The first-order chi connectivity index (χ1) is 8.11. The van der Waals surface area contributed by atoms with Crippen LogP contribution in [0.15, 0.2) is 24.3 Å². The molecule has 1 rings (SSSR count). The van der Waals surface area contributed by atoms with Crippen LogP contribution in [-0.2, 0) is 16.1 Å². The second-order valence-electron chi connectivity index (χ2n) is 4.09. The largest absolute Gasteiger partial charge is 0.464 e. The number of benzene rings is 1. The minimum Gasteiger partial charge on any atom is -0.464 e. The zero-order chi connectivity index (χ0) is 12.7. The van der Waals surface area contributed by atoms with Crippen molar-refractivity contribution in [2.45, 2.75) is 20.4 Å². The van der Waals surface area contributed by atoms with Gasteiger partial charge in [-0.1, -0.05) is 32.0 Å². The van der Waals surface area contributed by atoms with Gasteiger partial charge in [0.15, 0.2) is 0 Å². The van der Waals surface area contributed by atoms with Crippen LogP contribution in [0.5, 0.6) is 0 Å². The number of hydrogen-bond acceptors (Lipinski definition) is 3. The van der Waals surface area contributed by atoms with Crippen molar-refractivity contribution in [2.75, 3.05) is 13.2 Å². The fourth-order valence-electron chi connectivity index (χ4n) is 1.26. The van der Waals surface area contributed by atoms with Crippen LogP contribution >= 0.6 is 0 Å². The summed E-state index contributed by atoms with van der Waals surface area (Å²) in [6.45, 7) is 4.84. The van der Waals surface area contributed by atoms with E-state index in [0.29, 0.717) is 25.3 Å². The summed E-state index contributed by atoms with van der Waals surface area (Å²) in [6.07, 6.45) is 0. The zero-order valence-electron chi connectivity index (χ0n) is 10.2. The second kappa shape index (κ2) is 7.01. The lowest BCUT2D eigenvalue weighted by Crippen LogP contribution is -2.23. The maximum absolute atomic E-state index is 13.2. The quantitative estimate of drug-likeness (QED) is 0.610. The summed E-state index contributed by atoms with van der Waals surface area (Å²) in [5.41, 5.74) is 0.614. The fraction of sp³-hybridized carbons (Fsp3) is 0.462. The van der Waals surface area contributed by atoms with E-state index < -0.39 is 0 Å². The highest BCUT2D eigenvalue weighted by molar-refractivity contribution is 5.71. The Labute approximate surface area is 101 Å². The van der Waals surface area contributed by atoms with E-state index in [1.807, 2.05) is 0 Å². The molecule has 4 heteroatoms. The van der Waals surface area contributed by atoms with Gasteiger partial charge in [0.05, 0.1) is 5.92 Å². The highest BCUT2D eigenvalue weighted by atomic mass is 19.1. The first kappa shape index (κ1) is 13.6.